The third-order valence-corrected chi connectivity index (χ3v) is 8.02. The highest BCUT2D eigenvalue weighted by Gasteiger charge is 2.33. The molecule has 0 aromatic heterocycles. The molecule has 0 fully saturated rings. The minimum atomic E-state index is -3.80. The van der Waals surface area contributed by atoms with Gasteiger partial charge in [-0.2, -0.15) is 0 Å². The highest BCUT2D eigenvalue weighted by molar-refractivity contribution is 9.10. The summed E-state index contributed by atoms with van der Waals surface area (Å²) in [6.07, 6.45) is 2.10. The fourth-order valence-corrected chi connectivity index (χ4v) is 5.44. The molecule has 38 heavy (non-hydrogen) atoms. The van der Waals surface area contributed by atoms with Crippen LogP contribution in [-0.4, -0.2) is 50.5 Å². The van der Waals surface area contributed by atoms with E-state index in [2.05, 4.69) is 37.2 Å². The number of carbonyl (C=O) groups is 2. The lowest BCUT2D eigenvalue weighted by molar-refractivity contribution is -0.140. The van der Waals surface area contributed by atoms with E-state index in [0.29, 0.717) is 16.7 Å². The summed E-state index contributed by atoms with van der Waals surface area (Å²) in [5.41, 5.74) is 2.06. The topological polar surface area (TPSA) is 86.8 Å². The zero-order valence-corrected chi connectivity index (χ0v) is 25.3. The second-order valence-electron chi connectivity index (χ2n) is 8.89. The summed E-state index contributed by atoms with van der Waals surface area (Å²) in [6, 6.07) is 22.9. The average Bonchev–Trinajstić information content (AvgIpc) is 2.88. The lowest BCUT2D eigenvalue weighted by Gasteiger charge is -2.33. The van der Waals surface area contributed by atoms with Gasteiger partial charge in [0, 0.05) is 28.5 Å². The van der Waals surface area contributed by atoms with E-state index in [1.54, 1.807) is 24.3 Å². The SMILES string of the molecule is CCCNC(=O)[C@@H](Cc1ccccc1)N(Cc1ccc(Br)cc1)C(=O)CN(c1cccc(Br)c1)S(C)(=O)=O. The molecular weight excluding hydrogens is 634 g/mol. The maximum absolute atomic E-state index is 14.0. The molecule has 7 nitrogen and oxygen atoms in total. The molecule has 0 aliphatic heterocycles. The average molecular weight is 665 g/mol. The molecule has 0 saturated carbocycles. The van der Waals surface area contributed by atoms with Crippen molar-refractivity contribution in [3.63, 3.8) is 0 Å². The van der Waals surface area contributed by atoms with E-state index in [1.165, 1.54) is 4.90 Å². The van der Waals surface area contributed by atoms with Gasteiger partial charge in [-0.15, -0.1) is 0 Å². The van der Waals surface area contributed by atoms with E-state index in [9.17, 15) is 18.0 Å². The zero-order chi connectivity index (χ0) is 27.7. The number of rotatable bonds is 12. The largest absolute Gasteiger partial charge is 0.354 e. The molecule has 0 saturated heterocycles. The van der Waals surface area contributed by atoms with Crippen LogP contribution in [0.25, 0.3) is 0 Å². The molecule has 0 bridgehead atoms. The molecule has 2 amide bonds. The standard InChI is InChI=1S/C28H31Br2N3O4S/c1-3-16-31-28(35)26(17-21-8-5-4-6-9-21)32(19-22-12-14-23(29)15-13-22)27(34)20-33(38(2,36)37)25-11-7-10-24(30)18-25/h4-15,18,26H,3,16-17,19-20H2,1-2H3,(H,31,35)/t26-/m1/s1. The number of nitrogens with one attached hydrogen (secondary N) is 1. The number of benzene rings is 3. The van der Waals surface area contributed by atoms with E-state index in [4.69, 9.17) is 0 Å². The van der Waals surface area contributed by atoms with Crippen molar-refractivity contribution in [3.8, 4) is 0 Å². The molecule has 1 N–H and O–H groups in total. The Morgan fingerprint density at radius 3 is 2.18 bits per heavy atom. The van der Waals surface area contributed by atoms with Gasteiger partial charge in [-0.3, -0.25) is 13.9 Å². The molecule has 0 radical (unpaired) electrons. The quantitative estimate of drug-likeness (QED) is 0.291. The van der Waals surface area contributed by atoms with Crippen LogP contribution in [0.5, 0.6) is 0 Å². The fourth-order valence-electron chi connectivity index (χ4n) is 3.95. The Hall–Kier alpha value is -2.69. The molecule has 0 heterocycles. The Kier molecular flexibility index (Phi) is 10.9. The van der Waals surface area contributed by atoms with Crippen LogP contribution in [0.1, 0.15) is 24.5 Å². The van der Waals surface area contributed by atoms with Crippen molar-refractivity contribution in [2.45, 2.75) is 32.4 Å². The van der Waals surface area contributed by atoms with Crippen molar-refractivity contribution in [2.75, 3.05) is 23.7 Å². The molecule has 0 spiro atoms. The number of hydrogen-bond donors (Lipinski definition) is 1. The molecule has 0 unspecified atom stereocenters. The Morgan fingerprint density at radius 1 is 0.895 bits per heavy atom. The van der Waals surface area contributed by atoms with E-state index in [-0.39, 0.29) is 18.9 Å². The van der Waals surface area contributed by atoms with Crippen molar-refractivity contribution < 1.29 is 18.0 Å². The third kappa shape index (κ3) is 8.68. The summed E-state index contributed by atoms with van der Waals surface area (Å²) < 4.78 is 28.2. The first-order valence-electron chi connectivity index (χ1n) is 12.2. The number of hydrogen-bond acceptors (Lipinski definition) is 4. The molecule has 3 rings (SSSR count). The van der Waals surface area contributed by atoms with Gasteiger partial charge < -0.3 is 10.2 Å². The normalized spacial score (nSPS) is 12.0. The first kappa shape index (κ1) is 29.9. The minimum absolute atomic E-state index is 0.138. The Morgan fingerprint density at radius 2 is 1.58 bits per heavy atom. The monoisotopic (exact) mass is 663 g/mol. The molecule has 1 atom stereocenters. The highest BCUT2D eigenvalue weighted by Crippen LogP contribution is 2.23. The van der Waals surface area contributed by atoms with Crippen molar-refractivity contribution in [2.24, 2.45) is 0 Å². The van der Waals surface area contributed by atoms with Crippen LogP contribution in [0.3, 0.4) is 0 Å². The van der Waals surface area contributed by atoms with Crippen molar-refractivity contribution in [1.29, 1.82) is 0 Å². The maximum Gasteiger partial charge on any atom is 0.244 e. The number of anilines is 1. The van der Waals surface area contributed by atoms with Crippen molar-refractivity contribution >= 4 is 59.4 Å². The summed E-state index contributed by atoms with van der Waals surface area (Å²) >= 11 is 6.80. The summed E-state index contributed by atoms with van der Waals surface area (Å²) in [5, 5.41) is 2.93. The molecule has 3 aromatic carbocycles. The van der Waals surface area contributed by atoms with E-state index in [0.717, 1.165) is 32.6 Å². The summed E-state index contributed by atoms with van der Waals surface area (Å²) in [4.78, 5) is 28.9. The van der Waals surface area contributed by atoms with Gasteiger partial charge in [-0.25, -0.2) is 8.42 Å². The molecule has 10 heteroatoms. The van der Waals surface area contributed by atoms with Crippen LogP contribution < -0.4 is 9.62 Å². The van der Waals surface area contributed by atoms with Gasteiger partial charge in [0.15, 0.2) is 0 Å². The highest BCUT2D eigenvalue weighted by atomic mass is 79.9. The minimum Gasteiger partial charge on any atom is -0.354 e. The van der Waals surface area contributed by atoms with Crippen LogP contribution >= 0.6 is 31.9 Å². The first-order chi connectivity index (χ1) is 18.1. The predicted molar refractivity (Wildman–Crippen MR) is 158 cm³/mol. The number of halogens is 2. The van der Waals surface area contributed by atoms with Crippen molar-refractivity contribution in [1.82, 2.24) is 10.2 Å². The van der Waals surface area contributed by atoms with Gasteiger partial charge >= 0.3 is 0 Å². The van der Waals surface area contributed by atoms with Gasteiger partial charge in [0.25, 0.3) is 0 Å². The van der Waals surface area contributed by atoms with Crippen LogP contribution in [0.2, 0.25) is 0 Å². The van der Waals surface area contributed by atoms with Gasteiger partial charge in [0.05, 0.1) is 11.9 Å². The lowest BCUT2D eigenvalue weighted by Crippen LogP contribution is -2.53. The summed E-state index contributed by atoms with van der Waals surface area (Å²) in [6.45, 7) is 2.12. The van der Waals surface area contributed by atoms with Crippen LogP contribution in [-0.2, 0) is 32.6 Å². The Bertz CT molecular complexity index is 1340. The summed E-state index contributed by atoms with van der Waals surface area (Å²) in [7, 11) is -3.80. The molecule has 202 valence electrons. The number of sulfonamides is 1. The second kappa shape index (κ2) is 13.9. The summed E-state index contributed by atoms with van der Waals surface area (Å²) in [5.74, 6) is -0.763. The van der Waals surface area contributed by atoms with Crippen molar-refractivity contribution in [3.05, 3.63) is 98.9 Å². The van der Waals surface area contributed by atoms with Crippen LogP contribution in [0.4, 0.5) is 5.69 Å². The Labute approximate surface area is 241 Å². The predicted octanol–water partition coefficient (Wildman–Crippen LogP) is 5.14. The fraction of sp³-hybridized carbons (Fsp3) is 0.286. The maximum atomic E-state index is 14.0. The number of nitrogens with zero attached hydrogens (tertiary/aromatic N) is 2. The van der Waals surface area contributed by atoms with Gasteiger partial charge in [-0.05, 0) is 47.9 Å². The first-order valence-corrected chi connectivity index (χ1v) is 15.6. The van der Waals surface area contributed by atoms with Crippen LogP contribution in [0, 0.1) is 0 Å². The van der Waals surface area contributed by atoms with Gasteiger partial charge in [-0.1, -0.05) is 87.3 Å². The lowest BCUT2D eigenvalue weighted by atomic mass is 10.0. The van der Waals surface area contributed by atoms with Gasteiger partial charge in [0.2, 0.25) is 21.8 Å². The molecule has 0 aliphatic rings. The molecule has 0 aliphatic carbocycles. The van der Waals surface area contributed by atoms with E-state index < -0.39 is 28.5 Å². The molecule has 3 aromatic rings. The number of amides is 2. The zero-order valence-electron chi connectivity index (χ0n) is 21.3. The van der Waals surface area contributed by atoms with Gasteiger partial charge in [0.1, 0.15) is 12.6 Å². The van der Waals surface area contributed by atoms with Crippen LogP contribution in [0.15, 0.2) is 87.8 Å². The van der Waals surface area contributed by atoms with E-state index >= 15 is 0 Å². The second-order valence-corrected chi connectivity index (χ2v) is 12.6. The smallest absolute Gasteiger partial charge is 0.244 e. The molecular formula is C28H31Br2N3O4S. The Balaban J connectivity index is 2.03. The van der Waals surface area contributed by atoms with E-state index in [1.807, 2.05) is 61.5 Å². The third-order valence-electron chi connectivity index (χ3n) is 5.86. The number of carbonyl (C=O) groups excluding carboxylic acids is 2.